The lowest BCUT2D eigenvalue weighted by atomic mass is 10.2. The van der Waals surface area contributed by atoms with Crippen LogP contribution in [0.2, 0.25) is 0 Å². The molecule has 0 radical (unpaired) electrons. The maximum atomic E-state index is 8.64. The number of benzene rings is 2. The van der Waals surface area contributed by atoms with Gasteiger partial charge in [0.25, 0.3) is 0 Å². The van der Waals surface area contributed by atoms with Crippen LogP contribution in [0.1, 0.15) is 30.4 Å². The van der Waals surface area contributed by atoms with Gasteiger partial charge in [0.05, 0.1) is 13.2 Å². The number of nitrogens with one attached hydrogen (secondary N) is 2. The second kappa shape index (κ2) is 15.4. The van der Waals surface area contributed by atoms with Gasteiger partial charge in [-0.3, -0.25) is 4.79 Å². The largest absolute Gasteiger partial charge is 0.494 e. The Kier molecular flexibility index (Phi) is 12.9. The second-order valence-electron chi connectivity index (χ2n) is 5.85. The smallest absolute Gasteiger partial charge is 0.204 e. The fraction of sp³-hybridized carbons (Fsp3) is 0.350. The van der Waals surface area contributed by atoms with Crippen molar-refractivity contribution in [2.24, 2.45) is 5.73 Å². The predicted molar refractivity (Wildman–Crippen MR) is 105 cm³/mol. The molecular formula is C20H29N3O5. The van der Waals surface area contributed by atoms with E-state index in [0.29, 0.717) is 26.3 Å². The molecule has 0 aliphatic rings. The summed E-state index contributed by atoms with van der Waals surface area (Å²) in [4.78, 5) is 8.58. The van der Waals surface area contributed by atoms with Gasteiger partial charge in [0.1, 0.15) is 11.5 Å². The Bertz CT molecular complexity index is 582. The van der Waals surface area contributed by atoms with Crippen molar-refractivity contribution in [2.45, 2.75) is 32.4 Å². The number of hydrogen-bond acceptors (Lipinski definition) is 7. The van der Waals surface area contributed by atoms with E-state index < -0.39 is 0 Å². The zero-order valence-corrected chi connectivity index (χ0v) is 15.8. The van der Waals surface area contributed by atoms with Gasteiger partial charge < -0.3 is 25.6 Å². The van der Waals surface area contributed by atoms with E-state index in [1.807, 2.05) is 48.5 Å². The van der Waals surface area contributed by atoms with Gasteiger partial charge in [-0.25, -0.2) is 11.0 Å². The van der Waals surface area contributed by atoms with Crippen molar-refractivity contribution in [3.8, 4) is 11.5 Å². The third-order valence-electron chi connectivity index (χ3n) is 3.74. The lowest BCUT2D eigenvalue weighted by molar-refractivity contribution is -0.106. The minimum Gasteiger partial charge on any atom is -0.494 e. The molecule has 154 valence electrons. The summed E-state index contributed by atoms with van der Waals surface area (Å²) in [5.74, 6) is 1.69. The second-order valence-corrected chi connectivity index (χ2v) is 5.85. The molecule has 0 saturated heterocycles. The van der Waals surface area contributed by atoms with Crippen molar-refractivity contribution >= 4 is 6.41 Å². The topological polar surface area (TPSA) is 126 Å². The first-order valence-corrected chi connectivity index (χ1v) is 9.06. The number of ether oxygens (including phenoxy) is 2. The number of amides is 1. The molecule has 1 amide bonds. The lowest BCUT2D eigenvalue weighted by Crippen LogP contribution is -2.06. The van der Waals surface area contributed by atoms with E-state index in [1.165, 1.54) is 0 Å². The highest BCUT2D eigenvalue weighted by molar-refractivity contribution is 5.42. The monoisotopic (exact) mass is 391 g/mol. The van der Waals surface area contributed by atoms with Crippen molar-refractivity contribution < 1.29 is 24.7 Å². The molecule has 0 aliphatic carbocycles. The van der Waals surface area contributed by atoms with Gasteiger partial charge in [-0.15, -0.1) is 0 Å². The minimum absolute atomic E-state index is 0.250. The Morgan fingerprint density at radius 1 is 0.750 bits per heavy atom. The number of rotatable bonds is 12. The summed E-state index contributed by atoms with van der Waals surface area (Å²) < 4.78 is 11.4. The van der Waals surface area contributed by atoms with Crippen molar-refractivity contribution in [3.05, 3.63) is 59.7 Å². The lowest BCUT2D eigenvalue weighted by Gasteiger charge is -2.08. The van der Waals surface area contributed by atoms with Crippen LogP contribution in [0, 0.1) is 0 Å². The predicted octanol–water partition coefficient (Wildman–Crippen LogP) is 2.37. The number of primary amides is 1. The first-order chi connectivity index (χ1) is 13.7. The maximum Gasteiger partial charge on any atom is 0.204 e. The highest BCUT2D eigenvalue weighted by Gasteiger charge is 1.98. The van der Waals surface area contributed by atoms with Crippen LogP contribution in [0.5, 0.6) is 11.5 Å². The van der Waals surface area contributed by atoms with Crippen LogP contribution in [0.15, 0.2) is 48.5 Å². The molecule has 0 unspecified atom stereocenters. The van der Waals surface area contributed by atoms with E-state index in [1.54, 1.807) is 0 Å². The summed E-state index contributed by atoms with van der Waals surface area (Å²) in [7, 11) is 0. The Morgan fingerprint density at radius 3 is 1.43 bits per heavy atom. The molecule has 2 aromatic carbocycles. The van der Waals surface area contributed by atoms with Crippen molar-refractivity contribution in [2.75, 3.05) is 13.2 Å². The van der Waals surface area contributed by atoms with Crippen LogP contribution >= 0.6 is 0 Å². The van der Waals surface area contributed by atoms with Crippen molar-refractivity contribution in [1.82, 2.24) is 11.0 Å². The Hall–Kier alpha value is -2.65. The van der Waals surface area contributed by atoms with E-state index >= 15 is 0 Å². The summed E-state index contributed by atoms with van der Waals surface area (Å²) in [6, 6.07) is 15.3. The normalized spacial score (nSPS) is 9.93. The number of hydrogen-bond donors (Lipinski definition) is 5. The summed E-state index contributed by atoms with van der Waals surface area (Å²) in [5, 5.41) is 17.3. The van der Waals surface area contributed by atoms with Crippen molar-refractivity contribution in [1.29, 1.82) is 0 Å². The first-order valence-electron chi connectivity index (χ1n) is 9.06. The molecule has 0 aromatic heterocycles. The Morgan fingerprint density at radius 2 is 1.11 bits per heavy atom. The summed E-state index contributed by atoms with van der Waals surface area (Å²) in [6.07, 6.45) is 3.24. The molecule has 0 atom stereocenters. The summed E-state index contributed by atoms with van der Waals surface area (Å²) >= 11 is 0. The molecule has 28 heavy (non-hydrogen) atoms. The number of carbonyl (C=O) groups is 1. The molecule has 0 spiro atoms. The number of hydroxylamine groups is 2. The van der Waals surface area contributed by atoms with Crippen LogP contribution in [0.4, 0.5) is 0 Å². The van der Waals surface area contributed by atoms with E-state index in [4.69, 9.17) is 24.7 Å². The maximum absolute atomic E-state index is 8.64. The molecule has 6 N–H and O–H groups in total. The van der Waals surface area contributed by atoms with E-state index in [0.717, 1.165) is 41.9 Å². The van der Waals surface area contributed by atoms with Crippen LogP contribution in [-0.4, -0.2) is 30.0 Å². The SMILES string of the molecule is NC=O.ONCc1ccc(OCCCCCOc2ccc(CNO)cc2)cc1. The van der Waals surface area contributed by atoms with Gasteiger partial charge in [-0.1, -0.05) is 24.3 Å². The van der Waals surface area contributed by atoms with Gasteiger partial charge in [0.15, 0.2) is 0 Å². The third-order valence-corrected chi connectivity index (χ3v) is 3.74. The average Bonchev–Trinajstić information content (AvgIpc) is 2.71. The molecule has 0 saturated carbocycles. The number of unbranched alkanes of at least 4 members (excludes halogenated alkanes) is 2. The zero-order chi connectivity index (χ0) is 20.5. The molecular weight excluding hydrogens is 362 g/mol. The molecule has 2 aromatic rings. The molecule has 8 nitrogen and oxygen atoms in total. The van der Waals surface area contributed by atoms with Crippen LogP contribution < -0.4 is 26.2 Å². The van der Waals surface area contributed by atoms with Gasteiger partial charge >= 0.3 is 0 Å². The molecule has 2 rings (SSSR count). The summed E-state index contributed by atoms with van der Waals surface area (Å²) in [6.45, 7) is 2.23. The van der Waals surface area contributed by atoms with Gasteiger partial charge in [0, 0.05) is 13.1 Å². The van der Waals surface area contributed by atoms with Crippen LogP contribution in [0.25, 0.3) is 0 Å². The minimum atomic E-state index is 0.250. The molecule has 0 bridgehead atoms. The molecule has 0 heterocycles. The van der Waals surface area contributed by atoms with Crippen LogP contribution in [0.3, 0.4) is 0 Å². The van der Waals surface area contributed by atoms with Gasteiger partial charge in [-0.05, 0) is 54.7 Å². The average molecular weight is 391 g/mol. The zero-order valence-electron chi connectivity index (χ0n) is 15.8. The fourth-order valence-corrected chi connectivity index (χ4v) is 2.35. The highest BCUT2D eigenvalue weighted by Crippen LogP contribution is 2.14. The van der Waals surface area contributed by atoms with Gasteiger partial charge in [-0.2, -0.15) is 0 Å². The quantitative estimate of drug-likeness (QED) is 0.214. The number of nitrogens with two attached hydrogens (primary N) is 1. The molecule has 0 fully saturated rings. The first kappa shape index (κ1) is 23.4. The Labute approximate surface area is 165 Å². The standard InChI is InChI=1S/C19H26N2O4.CH3NO/c22-20-14-16-4-8-18(9-5-16)24-12-2-1-3-13-25-19-10-6-17(7-11-19)15-21-23;2-1-3/h4-11,20-23H,1-3,12-15H2;1H,(H2,2,3). The highest BCUT2D eigenvalue weighted by atomic mass is 16.5. The fourth-order valence-electron chi connectivity index (χ4n) is 2.35. The van der Waals surface area contributed by atoms with E-state index in [-0.39, 0.29) is 6.41 Å². The van der Waals surface area contributed by atoms with Gasteiger partial charge in [0.2, 0.25) is 6.41 Å². The molecule has 0 aliphatic heterocycles. The molecule has 8 heteroatoms. The van der Waals surface area contributed by atoms with Crippen LogP contribution in [-0.2, 0) is 17.9 Å². The number of carbonyl (C=O) groups excluding carboxylic acids is 1. The van der Waals surface area contributed by atoms with Crippen molar-refractivity contribution in [3.63, 3.8) is 0 Å². The summed E-state index contributed by atoms with van der Waals surface area (Å²) in [5.41, 5.74) is 10.4. The van der Waals surface area contributed by atoms with E-state index in [9.17, 15) is 0 Å². The van der Waals surface area contributed by atoms with E-state index in [2.05, 4.69) is 16.7 Å². The third kappa shape index (κ3) is 10.5. The Balaban J connectivity index is 0.00000122.